The molecule has 0 aromatic carbocycles. The number of rotatable bonds is 6. The lowest BCUT2D eigenvalue weighted by atomic mass is 9.96. The van der Waals surface area contributed by atoms with Gasteiger partial charge in [0.1, 0.15) is 0 Å². The van der Waals surface area contributed by atoms with Gasteiger partial charge < -0.3 is 0 Å². The van der Waals surface area contributed by atoms with Gasteiger partial charge in [0.05, 0.1) is 18.1 Å². The van der Waals surface area contributed by atoms with E-state index in [1.54, 1.807) is 0 Å². The molecule has 0 heterocycles. The average molecular weight is 222 g/mol. The molecule has 1 aliphatic carbocycles. The molecule has 0 radical (unpaired) electrons. The second-order valence-corrected chi connectivity index (χ2v) is 4.85. The molecular weight excluding hydrogens is 196 g/mol. The van der Waals surface area contributed by atoms with Gasteiger partial charge in [0.25, 0.3) is 0 Å². The Morgan fingerprint density at radius 2 is 1.94 bits per heavy atom. The zero-order chi connectivity index (χ0) is 11.6. The minimum Gasteiger partial charge on any atom is -0.222 e. The first-order valence-electron chi connectivity index (χ1n) is 7.01. The van der Waals surface area contributed by atoms with Crippen LogP contribution in [0, 0.1) is 0 Å². The monoisotopic (exact) mass is 222 g/mol. The predicted molar refractivity (Wildman–Crippen MR) is 70.3 cm³/mol. The summed E-state index contributed by atoms with van der Waals surface area (Å²) >= 11 is 0. The van der Waals surface area contributed by atoms with Crippen LogP contribution in [0.2, 0.25) is 0 Å². The van der Waals surface area contributed by atoms with Crippen molar-refractivity contribution >= 4 is 6.01 Å². The molecule has 16 heavy (non-hydrogen) atoms. The predicted octanol–water partition coefficient (Wildman–Crippen LogP) is 4.46. The third-order valence-electron chi connectivity index (χ3n) is 3.42. The summed E-state index contributed by atoms with van der Waals surface area (Å²) in [7, 11) is 0. The summed E-state index contributed by atoms with van der Waals surface area (Å²) in [6.45, 7) is 4.43. The van der Waals surface area contributed by atoms with Crippen molar-refractivity contribution in [1.82, 2.24) is 0 Å². The highest BCUT2D eigenvalue weighted by atomic mass is 14.9. The van der Waals surface area contributed by atoms with Gasteiger partial charge in [-0.05, 0) is 25.7 Å². The molecule has 92 valence electrons. The molecule has 0 bridgehead atoms. The standard InChI is InChI=1S/C14H26N2/c1-3-5-9-13(4-2)15-12-16-14-10-7-6-8-11-14/h13-14H,3-11H2,1-2H3. The summed E-state index contributed by atoms with van der Waals surface area (Å²) < 4.78 is 0. The second kappa shape index (κ2) is 8.52. The lowest BCUT2D eigenvalue weighted by molar-refractivity contribution is 0.444. The first kappa shape index (κ1) is 13.4. The van der Waals surface area contributed by atoms with Gasteiger partial charge in [-0.25, -0.2) is 9.98 Å². The van der Waals surface area contributed by atoms with Crippen LogP contribution in [0.4, 0.5) is 0 Å². The minimum absolute atomic E-state index is 0.451. The molecule has 0 spiro atoms. The zero-order valence-electron chi connectivity index (χ0n) is 10.9. The molecule has 2 nitrogen and oxygen atoms in total. The highest BCUT2D eigenvalue weighted by Gasteiger charge is 2.10. The smallest absolute Gasteiger partial charge is 0.0898 e. The topological polar surface area (TPSA) is 24.7 Å². The van der Waals surface area contributed by atoms with E-state index in [2.05, 4.69) is 29.8 Å². The normalized spacial score (nSPS) is 18.9. The van der Waals surface area contributed by atoms with Gasteiger partial charge in [-0.1, -0.05) is 46.0 Å². The largest absolute Gasteiger partial charge is 0.222 e. The van der Waals surface area contributed by atoms with Crippen molar-refractivity contribution in [1.29, 1.82) is 0 Å². The molecular formula is C14H26N2. The van der Waals surface area contributed by atoms with Crippen LogP contribution in [0.25, 0.3) is 0 Å². The molecule has 1 saturated carbocycles. The maximum atomic E-state index is 4.46. The van der Waals surface area contributed by atoms with E-state index in [4.69, 9.17) is 0 Å². The van der Waals surface area contributed by atoms with Crippen molar-refractivity contribution in [3.63, 3.8) is 0 Å². The lowest BCUT2D eigenvalue weighted by Gasteiger charge is -2.15. The van der Waals surface area contributed by atoms with Crippen molar-refractivity contribution < 1.29 is 0 Å². The van der Waals surface area contributed by atoms with Crippen LogP contribution in [-0.2, 0) is 0 Å². The van der Waals surface area contributed by atoms with Crippen molar-refractivity contribution in [2.75, 3.05) is 0 Å². The van der Waals surface area contributed by atoms with Crippen LogP contribution in [0.5, 0.6) is 0 Å². The van der Waals surface area contributed by atoms with Crippen LogP contribution in [0.15, 0.2) is 9.98 Å². The fourth-order valence-corrected chi connectivity index (χ4v) is 2.21. The van der Waals surface area contributed by atoms with Gasteiger partial charge in [0.2, 0.25) is 0 Å². The number of hydrogen-bond donors (Lipinski definition) is 0. The number of aliphatic imine (C=N–C) groups is 2. The van der Waals surface area contributed by atoms with Gasteiger partial charge in [-0.3, -0.25) is 0 Å². The first-order valence-corrected chi connectivity index (χ1v) is 7.01. The molecule has 1 aliphatic rings. The van der Waals surface area contributed by atoms with Crippen LogP contribution in [-0.4, -0.2) is 18.1 Å². The third-order valence-corrected chi connectivity index (χ3v) is 3.42. The molecule has 0 aliphatic heterocycles. The van der Waals surface area contributed by atoms with Crippen molar-refractivity contribution in [3.05, 3.63) is 0 Å². The molecule has 0 saturated heterocycles. The van der Waals surface area contributed by atoms with Crippen molar-refractivity contribution in [2.45, 2.75) is 83.7 Å². The molecule has 1 fully saturated rings. The summed E-state index contributed by atoms with van der Waals surface area (Å²) in [5.74, 6) is 0. The Kier molecular flexibility index (Phi) is 7.16. The average Bonchev–Trinajstić information content (AvgIpc) is 2.35. The van der Waals surface area contributed by atoms with Crippen molar-refractivity contribution in [2.24, 2.45) is 9.98 Å². The summed E-state index contributed by atoms with van der Waals surface area (Å²) in [4.78, 5) is 8.92. The number of nitrogens with zero attached hydrogens (tertiary/aromatic N) is 2. The van der Waals surface area contributed by atoms with E-state index in [-0.39, 0.29) is 0 Å². The van der Waals surface area contributed by atoms with Crippen LogP contribution < -0.4 is 0 Å². The maximum absolute atomic E-state index is 4.46. The van der Waals surface area contributed by atoms with Gasteiger partial charge >= 0.3 is 0 Å². The van der Waals surface area contributed by atoms with E-state index in [0.717, 1.165) is 6.42 Å². The van der Waals surface area contributed by atoms with E-state index in [0.29, 0.717) is 12.1 Å². The van der Waals surface area contributed by atoms with Crippen molar-refractivity contribution in [3.8, 4) is 0 Å². The fourth-order valence-electron chi connectivity index (χ4n) is 2.21. The fraction of sp³-hybridized carbons (Fsp3) is 0.929. The van der Waals surface area contributed by atoms with Crippen LogP contribution >= 0.6 is 0 Å². The third kappa shape index (κ3) is 5.46. The SMILES string of the molecule is CCCCC(CC)N=C=NC1CCCCC1. The first-order chi connectivity index (χ1) is 7.86. The lowest BCUT2D eigenvalue weighted by Crippen LogP contribution is -2.09. The maximum Gasteiger partial charge on any atom is 0.0898 e. The van der Waals surface area contributed by atoms with Crippen LogP contribution in [0.3, 0.4) is 0 Å². The van der Waals surface area contributed by atoms with Gasteiger partial charge in [-0.2, -0.15) is 0 Å². The Labute approximate surface area is 100 Å². The molecule has 1 unspecified atom stereocenters. The van der Waals surface area contributed by atoms with E-state index >= 15 is 0 Å². The molecule has 0 amide bonds. The summed E-state index contributed by atoms with van der Waals surface area (Å²) in [5, 5.41) is 0. The van der Waals surface area contributed by atoms with E-state index < -0.39 is 0 Å². The number of hydrogen-bond acceptors (Lipinski definition) is 2. The van der Waals surface area contributed by atoms with Crippen LogP contribution in [0.1, 0.15) is 71.6 Å². The minimum atomic E-state index is 0.451. The Morgan fingerprint density at radius 1 is 1.19 bits per heavy atom. The molecule has 0 N–H and O–H groups in total. The van der Waals surface area contributed by atoms with Gasteiger partial charge in [0, 0.05) is 0 Å². The molecule has 2 heteroatoms. The molecule has 0 aromatic heterocycles. The summed E-state index contributed by atoms with van der Waals surface area (Å²) in [6, 6.07) is 3.93. The Hall–Kier alpha value is -0.620. The molecule has 1 atom stereocenters. The van der Waals surface area contributed by atoms with E-state index in [1.807, 2.05) is 0 Å². The molecule has 1 rings (SSSR count). The summed E-state index contributed by atoms with van der Waals surface area (Å²) in [6.07, 6.45) is 11.4. The summed E-state index contributed by atoms with van der Waals surface area (Å²) in [5.41, 5.74) is 0. The second-order valence-electron chi connectivity index (χ2n) is 4.85. The number of unbranched alkanes of at least 4 members (excludes halogenated alkanes) is 1. The Morgan fingerprint density at radius 3 is 2.56 bits per heavy atom. The zero-order valence-corrected chi connectivity index (χ0v) is 10.9. The highest BCUT2D eigenvalue weighted by Crippen LogP contribution is 2.19. The van der Waals surface area contributed by atoms with Gasteiger partial charge in [0.15, 0.2) is 0 Å². The molecule has 0 aromatic rings. The Balaban J connectivity index is 2.33. The van der Waals surface area contributed by atoms with E-state index in [9.17, 15) is 0 Å². The van der Waals surface area contributed by atoms with Gasteiger partial charge in [-0.15, -0.1) is 0 Å². The van der Waals surface area contributed by atoms with E-state index in [1.165, 1.54) is 51.4 Å². The quantitative estimate of drug-likeness (QED) is 0.593. The Bertz CT molecular complexity index is 223. The highest BCUT2D eigenvalue weighted by molar-refractivity contribution is 5.42.